The largest absolute Gasteiger partial charge is 0.370 e. The zero-order chi connectivity index (χ0) is 19.4. The molecule has 27 heavy (non-hydrogen) atoms. The van der Waals surface area contributed by atoms with Gasteiger partial charge in [0.1, 0.15) is 5.67 Å². The number of guanidine groups is 1. The van der Waals surface area contributed by atoms with Crippen molar-refractivity contribution in [3.8, 4) is 0 Å². The molecule has 3 nitrogen and oxygen atoms in total. The molecule has 0 bridgehead atoms. The van der Waals surface area contributed by atoms with Crippen LogP contribution in [0.4, 0.5) is 4.39 Å². The average Bonchev–Trinajstić information content (AvgIpc) is 2.66. The summed E-state index contributed by atoms with van der Waals surface area (Å²) in [5.74, 6) is 0.593. The third kappa shape index (κ3) is 4.88. The Hall–Kier alpha value is -2.36. The van der Waals surface area contributed by atoms with Crippen molar-refractivity contribution in [2.45, 2.75) is 58.3 Å². The maximum absolute atomic E-state index is 14.0. The van der Waals surface area contributed by atoms with Crippen LogP contribution in [0.2, 0.25) is 0 Å². The van der Waals surface area contributed by atoms with Crippen molar-refractivity contribution < 1.29 is 4.39 Å². The molecule has 1 aliphatic rings. The first-order valence-corrected chi connectivity index (χ1v) is 9.76. The number of hydrogen-bond donors (Lipinski definition) is 1. The summed E-state index contributed by atoms with van der Waals surface area (Å²) in [6, 6.07) is 16.5. The fourth-order valence-electron chi connectivity index (χ4n) is 3.61. The van der Waals surface area contributed by atoms with Gasteiger partial charge in [0.05, 0.1) is 12.6 Å². The quantitative estimate of drug-likeness (QED) is 0.593. The summed E-state index contributed by atoms with van der Waals surface area (Å²) in [7, 11) is 0. The first-order chi connectivity index (χ1) is 12.8. The van der Waals surface area contributed by atoms with E-state index in [2.05, 4.69) is 41.1 Å². The molecular formula is C23H30FN3. The highest BCUT2D eigenvalue weighted by Crippen LogP contribution is 2.31. The minimum atomic E-state index is -1.32. The van der Waals surface area contributed by atoms with Crippen LogP contribution in [0.3, 0.4) is 0 Å². The van der Waals surface area contributed by atoms with Crippen molar-refractivity contribution in [2.24, 2.45) is 10.7 Å². The zero-order valence-electron chi connectivity index (χ0n) is 16.6. The number of piperidine rings is 1. The van der Waals surface area contributed by atoms with Crippen LogP contribution in [0, 0.1) is 6.92 Å². The molecule has 0 spiro atoms. The summed E-state index contributed by atoms with van der Waals surface area (Å²) in [6.45, 7) is 6.69. The lowest BCUT2D eigenvalue weighted by Crippen LogP contribution is -2.43. The molecule has 0 aromatic heterocycles. The van der Waals surface area contributed by atoms with E-state index in [9.17, 15) is 4.39 Å². The molecule has 0 aliphatic carbocycles. The van der Waals surface area contributed by atoms with E-state index in [0.717, 1.165) is 24.9 Å². The third-order valence-electron chi connectivity index (χ3n) is 5.32. The van der Waals surface area contributed by atoms with E-state index >= 15 is 0 Å². The van der Waals surface area contributed by atoms with E-state index in [1.165, 1.54) is 17.5 Å². The van der Waals surface area contributed by atoms with Gasteiger partial charge in [-0.2, -0.15) is 0 Å². The normalized spacial score (nSPS) is 18.6. The monoisotopic (exact) mass is 367 g/mol. The lowest BCUT2D eigenvalue weighted by Gasteiger charge is -2.37. The number of nitrogens with zero attached hydrogens (tertiary/aromatic N) is 2. The van der Waals surface area contributed by atoms with Gasteiger partial charge in [0.15, 0.2) is 5.96 Å². The molecule has 4 heteroatoms. The van der Waals surface area contributed by atoms with Gasteiger partial charge in [0.2, 0.25) is 0 Å². The Balaban J connectivity index is 1.72. The minimum absolute atomic E-state index is 0.290. The molecule has 1 saturated heterocycles. The van der Waals surface area contributed by atoms with Gasteiger partial charge in [-0.15, -0.1) is 0 Å². The van der Waals surface area contributed by atoms with E-state index in [1.54, 1.807) is 13.8 Å². The van der Waals surface area contributed by atoms with Crippen molar-refractivity contribution in [1.29, 1.82) is 0 Å². The summed E-state index contributed by atoms with van der Waals surface area (Å²) in [6.07, 6.45) is 3.45. The maximum atomic E-state index is 14.0. The van der Waals surface area contributed by atoms with Crippen LogP contribution in [-0.4, -0.2) is 17.4 Å². The van der Waals surface area contributed by atoms with Gasteiger partial charge in [-0.25, -0.2) is 9.38 Å². The molecule has 1 atom stereocenters. The fraction of sp³-hybridized carbons (Fsp3) is 0.435. The Kier molecular flexibility index (Phi) is 5.83. The molecule has 0 radical (unpaired) electrons. The second-order valence-corrected chi connectivity index (χ2v) is 7.96. The maximum Gasteiger partial charge on any atom is 0.192 e. The van der Waals surface area contributed by atoms with Crippen LogP contribution in [0.5, 0.6) is 0 Å². The summed E-state index contributed by atoms with van der Waals surface area (Å²) in [5, 5.41) is 0. The van der Waals surface area contributed by atoms with Crippen LogP contribution >= 0.6 is 0 Å². The molecule has 0 saturated carbocycles. The first-order valence-electron chi connectivity index (χ1n) is 9.76. The standard InChI is InChI=1S/C23H30FN3/c1-17-7-11-19(12-8-17)21-6-4-5-15-27(21)22(25)26-16-18-9-13-20(14-10-18)23(2,3)24/h7-14,21H,4-6,15-16H2,1-3H3,(H2,25,26). The highest BCUT2D eigenvalue weighted by atomic mass is 19.1. The lowest BCUT2D eigenvalue weighted by molar-refractivity contribution is 0.221. The molecule has 2 N–H and O–H groups in total. The second kappa shape index (κ2) is 8.12. The molecule has 1 aliphatic heterocycles. The third-order valence-corrected chi connectivity index (χ3v) is 5.32. The van der Waals surface area contributed by atoms with Gasteiger partial charge in [-0.05, 0) is 56.7 Å². The average molecular weight is 368 g/mol. The van der Waals surface area contributed by atoms with Crippen LogP contribution in [0.15, 0.2) is 53.5 Å². The van der Waals surface area contributed by atoms with Crippen molar-refractivity contribution in [3.05, 3.63) is 70.8 Å². The molecule has 1 heterocycles. The number of alkyl halides is 1. The van der Waals surface area contributed by atoms with Crippen LogP contribution in [0.1, 0.15) is 61.4 Å². The van der Waals surface area contributed by atoms with Crippen molar-refractivity contribution in [3.63, 3.8) is 0 Å². The first kappa shape index (κ1) is 19.4. The molecule has 3 rings (SSSR count). The summed E-state index contributed by atoms with van der Waals surface area (Å²) >= 11 is 0. The zero-order valence-corrected chi connectivity index (χ0v) is 16.6. The smallest absolute Gasteiger partial charge is 0.192 e. The van der Waals surface area contributed by atoms with Crippen LogP contribution < -0.4 is 5.73 Å². The van der Waals surface area contributed by atoms with Gasteiger partial charge in [-0.3, -0.25) is 0 Å². The summed E-state index contributed by atoms with van der Waals surface area (Å²) in [4.78, 5) is 6.86. The number of aryl methyl sites for hydroxylation is 1. The van der Waals surface area contributed by atoms with E-state index < -0.39 is 5.67 Å². The Morgan fingerprint density at radius 2 is 1.78 bits per heavy atom. The highest BCUT2D eigenvalue weighted by Gasteiger charge is 2.25. The Morgan fingerprint density at radius 1 is 1.11 bits per heavy atom. The number of hydrogen-bond acceptors (Lipinski definition) is 1. The van der Waals surface area contributed by atoms with Gasteiger partial charge in [-0.1, -0.05) is 54.1 Å². The number of rotatable bonds is 4. The number of halogens is 1. The number of benzene rings is 2. The molecule has 144 valence electrons. The van der Waals surface area contributed by atoms with Gasteiger partial charge in [0.25, 0.3) is 0 Å². The van der Waals surface area contributed by atoms with Gasteiger partial charge < -0.3 is 10.6 Å². The van der Waals surface area contributed by atoms with Crippen molar-refractivity contribution in [2.75, 3.05) is 6.54 Å². The Bertz CT molecular complexity index is 773. The fourth-order valence-corrected chi connectivity index (χ4v) is 3.61. The molecule has 1 unspecified atom stereocenters. The molecule has 1 fully saturated rings. The second-order valence-electron chi connectivity index (χ2n) is 7.96. The van der Waals surface area contributed by atoms with Crippen LogP contribution in [0.25, 0.3) is 0 Å². The SMILES string of the molecule is Cc1ccc(C2CCCCN2C(N)=NCc2ccc(C(C)(C)F)cc2)cc1. The Morgan fingerprint density at radius 3 is 2.41 bits per heavy atom. The van der Waals surface area contributed by atoms with Gasteiger partial charge >= 0.3 is 0 Å². The molecule has 2 aromatic carbocycles. The summed E-state index contributed by atoms with van der Waals surface area (Å²) in [5.41, 5.74) is 9.33. The minimum Gasteiger partial charge on any atom is -0.370 e. The van der Waals surface area contributed by atoms with E-state index in [1.807, 2.05) is 24.3 Å². The van der Waals surface area contributed by atoms with Crippen molar-refractivity contribution in [1.82, 2.24) is 4.90 Å². The topological polar surface area (TPSA) is 41.6 Å². The summed E-state index contributed by atoms with van der Waals surface area (Å²) < 4.78 is 14.0. The Labute approximate surface area is 162 Å². The molecular weight excluding hydrogens is 337 g/mol. The molecule has 2 aromatic rings. The number of nitrogens with two attached hydrogens (primary N) is 1. The lowest BCUT2D eigenvalue weighted by atomic mass is 9.95. The molecule has 0 amide bonds. The highest BCUT2D eigenvalue weighted by molar-refractivity contribution is 5.78. The van der Waals surface area contributed by atoms with Gasteiger partial charge in [0, 0.05) is 6.54 Å². The van der Waals surface area contributed by atoms with Crippen molar-refractivity contribution >= 4 is 5.96 Å². The van der Waals surface area contributed by atoms with E-state index in [0.29, 0.717) is 18.1 Å². The van der Waals surface area contributed by atoms with E-state index in [4.69, 9.17) is 5.73 Å². The van der Waals surface area contributed by atoms with Crippen LogP contribution in [-0.2, 0) is 12.2 Å². The van der Waals surface area contributed by atoms with E-state index in [-0.39, 0.29) is 6.04 Å². The predicted octanol–water partition coefficient (Wildman–Crippen LogP) is 5.24. The number of aliphatic imine (C=N–C) groups is 1. The predicted molar refractivity (Wildman–Crippen MR) is 110 cm³/mol. The number of likely N-dealkylation sites (tertiary alicyclic amines) is 1.